The molecule has 40 heavy (non-hydrogen) atoms. The van der Waals surface area contributed by atoms with Crippen LogP contribution in [0.3, 0.4) is 0 Å². The third-order valence-electron chi connectivity index (χ3n) is 8.24. The number of nitrogens with two attached hydrogens (primary N) is 1. The highest BCUT2D eigenvalue weighted by atomic mass is 35.5. The summed E-state index contributed by atoms with van der Waals surface area (Å²) < 4.78 is 5.85. The van der Waals surface area contributed by atoms with Crippen molar-refractivity contribution in [2.75, 3.05) is 47.9 Å². The van der Waals surface area contributed by atoms with Crippen molar-refractivity contribution < 1.29 is 9.84 Å². The zero-order valence-electron chi connectivity index (χ0n) is 22.6. The summed E-state index contributed by atoms with van der Waals surface area (Å²) in [5.41, 5.74) is 5.80. The Kier molecular flexibility index (Phi) is 7.47. The van der Waals surface area contributed by atoms with Gasteiger partial charge in [-0.15, -0.1) is 0 Å². The van der Waals surface area contributed by atoms with E-state index in [1.807, 2.05) is 24.1 Å². The van der Waals surface area contributed by atoms with Crippen molar-refractivity contribution in [3.8, 4) is 0 Å². The predicted molar refractivity (Wildman–Crippen MR) is 155 cm³/mol. The van der Waals surface area contributed by atoms with Crippen LogP contribution in [0.25, 0.3) is 0 Å². The van der Waals surface area contributed by atoms with E-state index in [1.54, 1.807) is 24.7 Å². The van der Waals surface area contributed by atoms with Crippen LogP contribution < -0.4 is 20.9 Å². The van der Waals surface area contributed by atoms with Gasteiger partial charge in [-0.1, -0.05) is 23.4 Å². The maximum absolute atomic E-state index is 10.3. The molecule has 11 nitrogen and oxygen atoms in total. The number of anilines is 4. The van der Waals surface area contributed by atoms with Crippen molar-refractivity contribution in [3.63, 3.8) is 0 Å². The Hall–Kier alpha value is -2.77. The number of pyridine rings is 1. The normalized spacial score (nSPS) is 26.0. The summed E-state index contributed by atoms with van der Waals surface area (Å²) in [6.45, 7) is 7.59. The summed E-state index contributed by atoms with van der Waals surface area (Å²) in [7, 11) is 0. The fraction of sp³-hybridized carbons (Fsp3) is 0.519. The first kappa shape index (κ1) is 27.4. The van der Waals surface area contributed by atoms with Gasteiger partial charge in [0.05, 0.1) is 35.7 Å². The van der Waals surface area contributed by atoms with Crippen LogP contribution in [0.4, 0.5) is 23.4 Å². The third kappa shape index (κ3) is 5.55. The van der Waals surface area contributed by atoms with Crippen LogP contribution in [-0.4, -0.2) is 80.6 Å². The zero-order chi connectivity index (χ0) is 27.9. The molecule has 13 heteroatoms. The second-order valence-corrected chi connectivity index (χ2v) is 12.7. The van der Waals surface area contributed by atoms with E-state index in [2.05, 4.69) is 37.1 Å². The molecule has 0 radical (unpaired) electrons. The van der Waals surface area contributed by atoms with Crippen molar-refractivity contribution in [1.82, 2.24) is 24.9 Å². The molecule has 4 N–H and O–H groups in total. The summed E-state index contributed by atoms with van der Waals surface area (Å²) in [6, 6.07) is 3.70. The monoisotopic (exact) mass is 583 g/mol. The highest BCUT2D eigenvalue weighted by molar-refractivity contribution is 7.99. The first-order chi connectivity index (χ1) is 19.2. The Morgan fingerprint density at radius 1 is 1.07 bits per heavy atom. The lowest BCUT2D eigenvalue weighted by Gasteiger charge is -2.41. The number of nitrogens with zero attached hydrogens (tertiary/aromatic N) is 7. The number of halogens is 1. The lowest BCUT2D eigenvalue weighted by molar-refractivity contribution is 0.0838. The Morgan fingerprint density at radius 2 is 1.85 bits per heavy atom. The van der Waals surface area contributed by atoms with Crippen LogP contribution in [0.1, 0.15) is 33.1 Å². The van der Waals surface area contributed by atoms with Crippen molar-refractivity contribution in [2.45, 2.75) is 60.8 Å². The average Bonchev–Trinajstić information content (AvgIpc) is 3.46. The molecule has 3 aliphatic heterocycles. The van der Waals surface area contributed by atoms with Gasteiger partial charge in [0, 0.05) is 54.9 Å². The highest BCUT2D eigenvalue weighted by Crippen LogP contribution is 2.42. The van der Waals surface area contributed by atoms with Crippen LogP contribution in [0.15, 0.2) is 46.8 Å². The van der Waals surface area contributed by atoms with E-state index in [1.165, 1.54) is 11.8 Å². The molecule has 0 aliphatic carbocycles. The number of nitrogens with one attached hydrogen (secondary N) is 1. The Bertz CT molecular complexity index is 1350. The van der Waals surface area contributed by atoms with Gasteiger partial charge < -0.3 is 30.7 Å². The minimum absolute atomic E-state index is 0.0747. The molecule has 3 fully saturated rings. The maximum atomic E-state index is 10.3. The number of ether oxygens (including phenoxy) is 1. The number of β-amino-alcohol motifs (C(OH)–C–C–N with tert-alkyl or cyclic N) is 1. The first-order valence-electron chi connectivity index (χ1n) is 13.6. The first-order valence-corrected chi connectivity index (χ1v) is 14.7. The molecule has 0 saturated carbocycles. The molecule has 6 rings (SSSR count). The number of aromatic nitrogens is 5. The number of hydrogen-bond donors (Lipinski definition) is 3. The second-order valence-electron chi connectivity index (χ2n) is 11.2. The summed E-state index contributed by atoms with van der Waals surface area (Å²) in [5, 5.41) is 14.7. The maximum Gasteiger partial charge on any atom is 0.227 e. The van der Waals surface area contributed by atoms with Gasteiger partial charge in [-0.05, 0) is 45.2 Å². The highest BCUT2D eigenvalue weighted by Gasteiger charge is 2.47. The molecular formula is C27H34ClN9O2S. The summed E-state index contributed by atoms with van der Waals surface area (Å²) in [6.07, 6.45) is 9.75. The molecular weight excluding hydrogens is 550 g/mol. The molecule has 0 bridgehead atoms. The molecule has 0 aromatic carbocycles. The molecule has 3 aromatic rings. The fourth-order valence-electron chi connectivity index (χ4n) is 5.69. The van der Waals surface area contributed by atoms with Crippen LogP contribution in [0, 0.1) is 5.41 Å². The van der Waals surface area contributed by atoms with Gasteiger partial charge >= 0.3 is 0 Å². The van der Waals surface area contributed by atoms with Gasteiger partial charge in [0.15, 0.2) is 5.82 Å². The molecule has 3 atom stereocenters. The van der Waals surface area contributed by atoms with E-state index in [4.69, 9.17) is 27.1 Å². The smallest absolute Gasteiger partial charge is 0.227 e. The molecule has 0 amide bonds. The summed E-state index contributed by atoms with van der Waals surface area (Å²) in [4.78, 5) is 27.8. The van der Waals surface area contributed by atoms with E-state index in [0.29, 0.717) is 42.1 Å². The number of piperidine rings is 1. The fourth-order valence-corrected chi connectivity index (χ4v) is 6.72. The van der Waals surface area contributed by atoms with Gasteiger partial charge in [0.2, 0.25) is 5.95 Å². The molecule has 212 valence electrons. The number of aliphatic hydroxyl groups is 1. The second kappa shape index (κ2) is 10.9. The molecule has 3 aromatic heterocycles. The number of rotatable bonds is 6. The molecule has 0 unspecified atom stereocenters. The van der Waals surface area contributed by atoms with Crippen LogP contribution in [0.2, 0.25) is 5.02 Å². The Balaban J connectivity index is 1.09. The third-order valence-corrected chi connectivity index (χ3v) is 9.71. The number of hydrogen-bond acceptors (Lipinski definition) is 12. The van der Waals surface area contributed by atoms with Crippen LogP contribution >= 0.6 is 23.4 Å². The average molecular weight is 584 g/mol. The lowest BCUT2D eigenvalue weighted by atomic mass is 9.73. The molecule has 1 spiro atoms. The van der Waals surface area contributed by atoms with Gasteiger partial charge in [-0.2, -0.15) is 4.98 Å². The van der Waals surface area contributed by atoms with Crippen molar-refractivity contribution in [1.29, 1.82) is 0 Å². The van der Waals surface area contributed by atoms with Gasteiger partial charge in [-0.3, -0.25) is 0 Å². The Labute approximate surface area is 242 Å². The minimum atomic E-state index is -0.737. The standard InChI is InChI=1S/C27H34ClN9O2S/c1-17-23(29)27(16-39-17)6-11-36(12-7-27)20-13-33-21(14-32-20)40-18-3-8-30-24(22(18)28)34-19-4-9-31-25(35-19)37-10-5-26(2,38)15-37/h3-4,8-9,13-14,17,23,38H,5-7,10-12,15-16,29H2,1-2H3,(H,30,31,34,35)/t17-,23+,26+/m0/s1. The lowest BCUT2D eigenvalue weighted by Crippen LogP contribution is -2.50. The molecule has 6 heterocycles. The summed E-state index contributed by atoms with van der Waals surface area (Å²) >= 11 is 8.17. The van der Waals surface area contributed by atoms with Crippen molar-refractivity contribution >= 4 is 46.8 Å². The molecule has 3 aliphatic rings. The van der Waals surface area contributed by atoms with E-state index < -0.39 is 5.60 Å². The van der Waals surface area contributed by atoms with Gasteiger partial charge in [0.1, 0.15) is 16.7 Å². The van der Waals surface area contributed by atoms with E-state index in [-0.39, 0.29) is 17.6 Å². The molecule has 3 saturated heterocycles. The van der Waals surface area contributed by atoms with Gasteiger partial charge in [-0.25, -0.2) is 19.9 Å². The van der Waals surface area contributed by atoms with E-state index >= 15 is 0 Å². The van der Waals surface area contributed by atoms with Crippen LogP contribution in [0.5, 0.6) is 0 Å². The van der Waals surface area contributed by atoms with Crippen molar-refractivity contribution in [3.05, 3.63) is 41.9 Å². The van der Waals surface area contributed by atoms with E-state index in [0.717, 1.165) is 48.3 Å². The zero-order valence-corrected chi connectivity index (χ0v) is 24.2. The van der Waals surface area contributed by atoms with Crippen LogP contribution in [-0.2, 0) is 4.74 Å². The SMILES string of the molecule is C[C@@H]1OCC2(CCN(c3cnc(Sc4ccnc(Nc5ccnc(N6CC[C@@](C)(O)C6)n5)c4Cl)cn3)CC2)[C@@H]1N. The van der Waals surface area contributed by atoms with Crippen molar-refractivity contribution in [2.24, 2.45) is 11.1 Å². The largest absolute Gasteiger partial charge is 0.388 e. The predicted octanol–water partition coefficient (Wildman–Crippen LogP) is 3.50. The quantitative estimate of drug-likeness (QED) is 0.391. The topological polar surface area (TPSA) is 138 Å². The van der Waals surface area contributed by atoms with Gasteiger partial charge in [0.25, 0.3) is 0 Å². The summed E-state index contributed by atoms with van der Waals surface area (Å²) in [5.74, 6) is 2.47. The van der Waals surface area contributed by atoms with E-state index in [9.17, 15) is 5.11 Å². The Morgan fingerprint density at radius 3 is 2.52 bits per heavy atom. The minimum Gasteiger partial charge on any atom is -0.388 e.